The number of hydrogen-bond acceptors (Lipinski definition) is 2. The fraction of sp³-hybridized carbons (Fsp3) is 0.556. The molecule has 2 atom stereocenters. The van der Waals surface area contributed by atoms with Crippen molar-refractivity contribution in [1.82, 2.24) is 10.2 Å². The summed E-state index contributed by atoms with van der Waals surface area (Å²) in [5.41, 5.74) is 0.575. The smallest absolute Gasteiger partial charge is 0.407 e. The lowest BCUT2D eigenvalue weighted by atomic mass is 9.77. The molecule has 1 saturated heterocycles. The second-order valence-corrected chi connectivity index (χ2v) is 8.38. The molecule has 1 aliphatic rings. The van der Waals surface area contributed by atoms with Crippen LogP contribution in [0.5, 0.6) is 0 Å². The molecule has 0 radical (unpaired) electrons. The minimum atomic E-state index is -0.924. The lowest BCUT2D eigenvalue weighted by molar-refractivity contribution is -0.127. The van der Waals surface area contributed by atoms with E-state index in [1.165, 1.54) is 4.90 Å². The molecule has 0 saturated carbocycles. The molecule has 2 N–H and O–H groups in total. The summed E-state index contributed by atoms with van der Waals surface area (Å²) in [5.74, 6) is -0.267. The monoisotopic (exact) mass is 386 g/mol. The first-order chi connectivity index (χ1) is 11.6. The van der Waals surface area contributed by atoms with Crippen molar-refractivity contribution in [3.63, 3.8) is 0 Å². The van der Waals surface area contributed by atoms with Gasteiger partial charge in [-0.25, -0.2) is 4.79 Å². The molecule has 1 aliphatic heterocycles. The Labute approximate surface area is 158 Å². The number of nitrogens with one attached hydrogen (secondary N) is 1. The van der Waals surface area contributed by atoms with Gasteiger partial charge in [-0.1, -0.05) is 50.0 Å². The van der Waals surface area contributed by atoms with Gasteiger partial charge in [-0.05, 0) is 36.0 Å². The van der Waals surface area contributed by atoms with Gasteiger partial charge in [0.05, 0.1) is 0 Å². The van der Waals surface area contributed by atoms with E-state index in [2.05, 4.69) is 5.32 Å². The van der Waals surface area contributed by atoms with Crippen molar-refractivity contribution in [1.29, 1.82) is 0 Å². The average Bonchev–Trinajstić information content (AvgIpc) is 2.52. The number of hydrogen-bond donors (Lipinski definition) is 2. The van der Waals surface area contributed by atoms with E-state index in [4.69, 9.17) is 23.2 Å². The molecule has 0 bridgehead atoms. The minimum Gasteiger partial charge on any atom is -0.465 e. The third-order valence-electron chi connectivity index (χ3n) is 4.69. The highest BCUT2D eigenvalue weighted by Gasteiger charge is 2.40. The number of carbonyl (C=O) groups excluding carboxylic acids is 1. The summed E-state index contributed by atoms with van der Waals surface area (Å²) in [6, 6.07) is 4.98. The van der Waals surface area contributed by atoms with E-state index >= 15 is 0 Å². The molecule has 2 rings (SSSR count). The van der Waals surface area contributed by atoms with Crippen LogP contribution in [0.1, 0.15) is 39.2 Å². The van der Waals surface area contributed by atoms with Gasteiger partial charge in [0, 0.05) is 35.1 Å². The van der Waals surface area contributed by atoms with E-state index < -0.39 is 6.09 Å². The highest BCUT2D eigenvalue weighted by Crippen LogP contribution is 2.34. The van der Waals surface area contributed by atoms with Crippen LogP contribution in [0, 0.1) is 11.3 Å². The van der Waals surface area contributed by atoms with Crippen molar-refractivity contribution in [3.05, 3.63) is 33.8 Å². The second-order valence-electron chi connectivity index (χ2n) is 7.53. The Morgan fingerprint density at radius 1 is 1.32 bits per heavy atom. The van der Waals surface area contributed by atoms with Gasteiger partial charge in [0.1, 0.15) is 0 Å². The molecule has 0 aliphatic carbocycles. The SMILES string of the molecule is CC(C)(C)C1CC(C(=O)NCc2ccc(Cl)cc2Cl)CCN1C(=O)O. The molecule has 1 aromatic rings. The summed E-state index contributed by atoms with van der Waals surface area (Å²) in [4.78, 5) is 25.5. The zero-order chi connectivity index (χ0) is 18.8. The van der Waals surface area contributed by atoms with Gasteiger partial charge in [0.15, 0.2) is 0 Å². The van der Waals surface area contributed by atoms with Gasteiger partial charge in [-0.2, -0.15) is 0 Å². The van der Waals surface area contributed by atoms with Crippen molar-refractivity contribution in [2.24, 2.45) is 11.3 Å². The van der Waals surface area contributed by atoms with Crippen LogP contribution in [0.25, 0.3) is 0 Å². The van der Waals surface area contributed by atoms with Crippen LogP contribution in [0.3, 0.4) is 0 Å². The molecule has 1 heterocycles. The normalized spacial score (nSPS) is 21.1. The van der Waals surface area contributed by atoms with Crippen molar-refractivity contribution in [3.8, 4) is 0 Å². The molecule has 25 heavy (non-hydrogen) atoms. The van der Waals surface area contributed by atoms with E-state index in [0.717, 1.165) is 5.56 Å². The maximum absolute atomic E-state index is 12.6. The first-order valence-electron chi connectivity index (χ1n) is 8.31. The molecule has 138 valence electrons. The Bertz CT molecular complexity index is 658. The molecular formula is C18H24Cl2N2O3. The van der Waals surface area contributed by atoms with Crippen LogP contribution < -0.4 is 5.32 Å². The summed E-state index contributed by atoms with van der Waals surface area (Å²) < 4.78 is 0. The Kier molecular flexibility index (Phi) is 6.22. The Balaban J connectivity index is 2.01. The predicted molar refractivity (Wildman–Crippen MR) is 99.0 cm³/mol. The minimum absolute atomic E-state index is 0.0645. The first-order valence-corrected chi connectivity index (χ1v) is 9.06. The van der Waals surface area contributed by atoms with Crippen molar-refractivity contribution < 1.29 is 14.7 Å². The maximum atomic E-state index is 12.6. The van der Waals surface area contributed by atoms with Gasteiger partial charge >= 0.3 is 6.09 Å². The zero-order valence-electron chi connectivity index (χ0n) is 14.7. The number of likely N-dealkylation sites (tertiary alicyclic amines) is 1. The maximum Gasteiger partial charge on any atom is 0.407 e. The largest absolute Gasteiger partial charge is 0.465 e. The second kappa shape index (κ2) is 7.83. The number of amides is 2. The fourth-order valence-electron chi connectivity index (χ4n) is 3.25. The summed E-state index contributed by atoms with van der Waals surface area (Å²) in [7, 11) is 0. The van der Waals surface area contributed by atoms with Crippen LogP contribution >= 0.6 is 23.2 Å². The van der Waals surface area contributed by atoms with Gasteiger partial charge in [0.2, 0.25) is 5.91 Å². The van der Waals surface area contributed by atoms with E-state index in [9.17, 15) is 14.7 Å². The summed E-state index contributed by atoms with van der Waals surface area (Å²) in [5, 5.41) is 13.4. The molecule has 1 fully saturated rings. The van der Waals surface area contributed by atoms with E-state index in [1.54, 1.807) is 18.2 Å². The Morgan fingerprint density at radius 2 is 2.00 bits per heavy atom. The standard InChI is InChI=1S/C18H24Cl2N2O3/c1-18(2,3)15-8-11(6-7-22(15)17(24)25)16(23)21-10-12-4-5-13(19)9-14(12)20/h4-5,9,11,15H,6-8,10H2,1-3H3,(H,21,23)(H,24,25). The molecule has 7 heteroatoms. The van der Waals surface area contributed by atoms with E-state index in [-0.39, 0.29) is 23.3 Å². The number of halogens is 2. The molecule has 1 aromatic carbocycles. The molecular weight excluding hydrogens is 363 g/mol. The van der Waals surface area contributed by atoms with E-state index in [0.29, 0.717) is 36.0 Å². The molecule has 0 spiro atoms. The number of rotatable bonds is 3. The van der Waals surface area contributed by atoms with Crippen LogP contribution in [-0.4, -0.2) is 34.6 Å². The quantitative estimate of drug-likeness (QED) is 0.807. The van der Waals surface area contributed by atoms with Crippen LogP contribution in [0.15, 0.2) is 18.2 Å². The average molecular weight is 387 g/mol. The van der Waals surface area contributed by atoms with Crippen LogP contribution in [0.2, 0.25) is 10.0 Å². The first kappa shape index (κ1) is 19.9. The highest BCUT2D eigenvalue weighted by atomic mass is 35.5. The summed E-state index contributed by atoms with van der Waals surface area (Å²) in [6.45, 7) is 6.70. The molecule has 0 aromatic heterocycles. The van der Waals surface area contributed by atoms with Crippen LogP contribution in [0.4, 0.5) is 4.79 Å². The third-order valence-corrected chi connectivity index (χ3v) is 5.27. The number of carbonyl (C=O) groups is 2. The summed E-state index contributed by atoms with van der Waals surface area (Å²) in [6.07, 6.45) is 0.126. The third kappa shape index (κ3) is 5.02. The van der Waals surface area contributed by atoms with Crippen LogP contribution in [-0.2, 0) is 11.3 Å². The highest BCUT2D eigenvalue weighted by molar-refractivity contribution is 6.35. The Hall–Kier alpha value is -1.46. The van der Waals surface area contributed by atoms with Gasteiger partial charge in [0.25, 0.3) is 0 Å². The molecule has 2 unspecified atom stereocenters. The number of nitrogens with zero attached hydrogens (tertiary/aromatic N) is 1. The molecule has 2 amide bonds. The van der Waals surface area contributed by atoms with Crippen molar-refractivity contribution in [2.75, 3.05) is 6.54 Å². The zero-order valence-corrected chi connectivity index (χ0v) is 16.2. The van der Waals surface area contributed by atoms with Gasteiger partial charge in [-0.3, -0.25) is 4.79 Å². The molecule has 5 nitrogen and oxygen atoms in total. The van der Waals surface area contributed by atoms with Gasteiger partial charge < -0.3 is 15.3 Å². The lowest BCUT2D eigenvalue weighted by Gasteiger charge is -2.44. The number of carboxylic acid groups (broad SMARTS) is 1. The predicted octanol–water partition coefficient (Wildman–Crippen LogP) is 4.41. The lowest BCUT2D eigenvalue weighted by Crippen LogP contribution is -2.53. The summed E-state index contributed by atoms with van der Waals surface area (Å²) >= 11 is 12.0. The van der Waals surface area contributed by atoms with Crippen molar-refractivity contribution >= 4 is 35.2 Å². The topological polar surface area (TPSA) is 69.6 Å². The van der Waals surface area contributed by atoms with Crippen molar-refractivity contribution in [2.45, 2.75) is 46.2 Å². The fourth-order valence-corrected chi connectivity index (χ4v) is 3.72. The van der Waals surface area contributed by atoms with Gasteiger partial charge in [-0.15, -0.1) is 0 Å². The van der Waals surface area contributed by atoms with E-state index in [1.807, 2.05) is 20.8 Å². The number of benzene rings is 1. The Morgan fingerprint density at radius 3 is 2.56 bits per heavy atom. The number of piperidine rings is 1.